The molecule has 4 nitrogen and oxygen atoms in total. The molecule has 0 radical (unpaired) electrons. The van der Waals surface area contributed by atoms with Crippen LogP contribution in [0.25, 0.3) is 0 Å². The molecule has 3 atom stereocenters. The van der Waals surface area contributed by atoms with Crippen LogP contribution in [0.4, 0.5) is 0 Å². The molecular weight excluding hydrogens is 348 g/mol. The van der Waals surface area contributed by atoms with E-state index in [0.29, 0.717) is 5.84 Å². The van der Waals surface area contributed by atoms with Crippen molar-refractivity contribution in [3.63, 3.8) is 0 Å². The number of rotatable bonds is 5. The minimum Gasteiger partial charge on any atom is -0.386 e. The van der Waals surface area contributed by atoms with Gasteiger partial charge in [0, 0.05) is 5.92 Å². The van der Waals surface area contributed by atoms with Crippen LogP contribution < -0.4 is 5.73 Å². The van der Waals surface area contributed by atoms with Gasteiger partial charge in [0.15, 0.2) is 4.20 Å². The standard InChI is InChI=1S/C19H22N4S2/c1-5-24-19(25-6-2)18(11-21)15(17(18,10-20)16(22)23-19)14-8-7-12(3)9-13(14)4/h7-9,15H,5-6H2,1-4H3,(H2,22,23). The number of hydrogen-bond donors (Lipinski definition) is 1. The van der Waals surface area contributed by atoms with Crippen LogP contribution in [0.3, 0.4) is 0 Å². The first kappa shape index (κ1) is 18.2. The zero-order valence-electron chi connectivity index (χ0n) is 15.0. The first-order valence-corrected chi connectivity index (χ1v) is 10.4. The van der Waals surface area contributed by atoms with Gasteiger partial charge in [-0.2, -0.15) is 10.5 Å². The number of fused-ring (bicyclic) bond motifs is 1. The fourth-order valence-electron chi connectivity index (χ4n) is 4.37. The number of amidine groups is 1. The van der Waals surface area contributed by atoms with Crippen molar-refractivity contribution in [2.75, 3.05) is 11.5 Å². The van der Waals surface area contributed by atoms with E-state index in [1.165, 1.54) is 5.56 Å². The van der Waals surface area contributed by atoms with Gasteiger partial charge in [0.2, 0.25) is 0 Å². The van der Waals surface area contributed by atoms with Crippen molar-refractivity contribution in [3.8, 4) is 12.1 Å². The lowest BCUT2D eigenvalue weighted by atomic mass is 9.95. The first-order valence-electron chi connectivity index (χ1n) is 8.44. The molecule has 2 aliphatic rings. The number of nitrogens with two attached hydrogens (primary N) is 1. The summed E-state index contributed by atoms with van der Waals surface area (Å²) in [6.07, 6.45) is 0. The molecule has 3 unspecified atom stereocenters. The molecule has 1 heterocycles. The van der Waals surface area contributed by atoms with Gasteiger partial charge in [0.25, 0.3) is 0 Å². The van der Waals surface area contributed by atoms with Crippen LogP contribution in [0, 0.1) is 47.3 Å². The Bertz CT molecular complexity index is 829. The van der Waals surface area contributed by atoms with E-state index >= 15 is 0 Å². The molecule has 0 bridgehead atoms. The molecule has 25 heavy (non-hydrogen) atoms. The van der Waals surface area contributed by atoms with Gasteiger partial charge in [-0.05, 0) is 36.5 Å². The van der Waals surface area contributed by atoms with Crippen LogP contribution in [-0.2, 0) is 0 Å². The molecule has 1 fully saturated rings. The molecule has 6 heteroatoms. The largest absolute Gasteiger partial charge is 0.386 e. The summed E-state index contributed by atoms with van der Waals surface area (Å²) in [5.41, 5.74) is 7.70. The van der Waals surface area contributed by atoms with Crippen LogP contribution in [0.15, 0.2) is 23.2 Å². The predicted octanol–water partition coefficient (Wildman–Crippen LogP) is 3.95. The summed E-state index contributed by atoms with van der Waals surface area (Å²) in [6.45, 7) is 8.20. The van der Waals surface area contributed by atoms with E-state index in [4.69, 9.17) is 10.7 Å². The molecule has 1 aromatic carbocycles. The maximum atomic E-state index is 10.3. The Hall–Kier alpha value is -1.63. The van der Waals surface area contributed by atoms with Crippen molar-refractivity contribution < 1.29 is 0 Å². The summed E-state index contributed by atoms with van der Waals surface area (Å²) in [7, 11) is 0. The fourth-order valence-corrected chi connectivity index (χ4v) is 7.62. The van der Waals surface area contributed by atoms with E-state index in [-0.39, 0.29) is 5.92 Å². The maximum Gasteiger partial charge on any atom is 0.175 e. The zero-order chi connectivity index (χ0) is 18.5. The Balaban J connectivity index is 2.25. The summed E-state index contributed by atoms with van der Waals surface area (Å²) in [6, 6.07) is 11.1. The van der Waals surface area contributed by atoms with Crippen molar-refractivity contribution in [2.24, 2.45) is 21.6 Å². The molecule has 0 amide bonds. The third-order valence-electron chi connectivity index (χ3n) is 5.34. The van der Waals surface area contributed by atoms with Gasteiger partial charge < -0.3 is 5.73 Å². The number of thioether (sulfide) groups is 2. The zero-order valence-corrected chi connectivity index (χ0v) is 16.6. The van der Waals surface area contributed by atoms with Crippen LogP contribution in [0.2, 0.25) is 0 Å². The lowest BCUT2D eigenvalue weighted by Gasteiger charge is -2.31. The Morgan fingerprint density at radius 1 is 1.16 bits per heavy atom. The van der Waals surface area contributed by atoms with E-state index in [9.17, 15) is 10.5 Å². The van der Waals surface area contributed by atoms with Crippen LogP contribution in [0.1, 0.15) is 36.5 Å². The van der Waals surface area contributed by atoms with E-state index in [1.54, 1.807) is 23.5 Å². The minimum atomic E-state index is -1.02. The van der Waals surface area contributed by atoms with Gasteiger partial charge in [-0.3, -0.25) is 0 Å². The monoisotopic (exact) mass is 370 g/mol. The van der Waals surface area contributed by atoms with Crippen molar-refractivity contribution in [1.29, 1.82) is 10.5 Å². The van der Waals surface area contributed by atoms with E-state index in [1.807, 2.05) is 19.9 Å². The average molecular weight is 371 g/mol. The second-order valence-corrected chi connectivity index (χ2v) is 9.75. The summed E-state index contributed by atoms with van der Waals surface area (Å²) in [5.74, 6) is 1.72. The van der Waals surface area contributed by atoms with Crippen molar-refractivity contribution in [2.45, 2.75) is 37.8 Å². The van der Waals surface area contributed by atoms with Crippen LogP contribution >= 0.6 is 23.5 Å². The molecule has 0 spiro atoms. The number of benzene rings is 1. The number of nitrogens with zero attached hydrogens (tertiary/aromatic N) is 3. The molecule has 1 aromatic rings. The second kappa shape index (κ2) is 5.97. The quantitative estimate of drug-likeness (QED) is 0.793. The van der Waals surface area contributed by atoms with E-state index in [0.717, 1.165) is 22.6 Å². The Kier molecular flexibility index (Phi) is 4.34. The van der Waals surface area contributed by atoms with Crippen LogP contribution in [-0.4, -0.2) is 21.5 Å². The highest BCUT2D eigenvalue weighted by molar-refractivity contribution is 8.18. The molecule has 2 N–H and O–H groups in total. The number of hydrogen-bond acceptors (Lipinski definition) is 6. The Morgan fingerprint density at radius 3 is 2.28 bits per heavy atom. The normalized spacial score (nSPS) is 31.6. The highest BCUT2D eigenvalue weighted by Crippen LogP contribution is 2.85. The third-order valence-corrected chi connectivity index (χ3v) is 8.24. The molecule has 0 saturated heterocycles. The lowest BCUT2D eigenvalue weighted by Crippen LogP contribution is -2.31. The third kappa shape index (κ3) is 1.99. The summed E-state index contributed by atoms with van der Waals surface area (Å²) in [4.78, 5) is 4.71. The molecule has 130 valence electrons. The molecule has 1 aliphatic carbocycles. The van der Waals surface area contributed by atoms with Crippen molar-refractivity contribution >= 4 is 29.4 Å². The fraction of sp³-hybridized carbons (Fsp3) is 0.526. The van der Waals surface area contributed by atoms with Gasteiger partial charge in [-0.25, -0.2) is 4.99 Å². The van der Waals surface area contributed by atoms with Gasteiger partial charge in [0.1, 0.15) is 16.7 Å². The SMILES string of the molecule is CCSC1(SCC)N=C(N)C2(C#N)C(c3ccc(C)cc3C)C12C#N. The van der Waals surface area contributed by atoms with Gasteiger partial charge in [-0.1, -0.05) is 37.6 Å². The van der Waals surface area contributed by atoms with Crippen molar-refractivity contribution in [1.82, 2.24) is 0 Å². The summed E-state index contributed by atoms with van der Waals surface area (Å²) >= 11 is 3.26. The first-order chi connectivity index (χ1) is 11.9. The average Bonchev–Trinajstić information content (AvgIpc) is 3.13. The lowest BCUT2D eigenvalue weighted by molar-refractivity contribution is 0.563. The second-order valence-electron chi connectivity index (χ2n) is 6.58. The molecule has 3 rings (SSSR count). The number of aryl methyl sites for hydroxylation is 2. The predicted molar refractivity (Wildman–Crippen MR) is 105 cm³/mol. The van der Waals surface area contributed by atoms with Crippen LogP contribution in [0.5, 0.6) is 0 Å². The van der Waals surface area contributed by atoms with E-state index < -0.39 is 15.0 Å². The van der Waals surface area contributed by atoms with E-state index in [2.05, 4.69) is 38.1 Å². The van der Waals surface area contributed by atoms with Crippen molar-refractivity contribution in [3.05, 3.63) is 34.9 Å². The number of aliphatic imine (C=N–C) groups is 1. The minimum absolute atomic E-state index is 0.230. The number of nitriles is 2. The van der Waals surface area contributed by atoms with Gasteiger partial charge in [-0.15, -0.1) is 23.5 Å². The molecule has 0 aromatic heterocycles. The summed E-state index contributed by atoms with van der Waals surface area (Å²) < 4.78 is -0.715. The molecule has 1 aliphatic heterocycles. The Morgan fingerprint density at radius 2 is 1.80 bits per heavy atom. The highest BCUT2D eigenvalue weighted by Gasteiger charge is 2.92. The Labute approximate surface area is 157 Å². The molecular formula is C19H22N4S2. The van der Waals surface area contributed by atoms with Gasteiger partial charge in [0.05, 0.1) is 12.1 Å². The topological polar surface area (TPSA) is 86.0 Å². The summed E-state index contributed by atoms with van der Waals surface area (Å²) in [5, 5.41) is 20.4. The van der Waals surface area contributed by atoms with Gasteiger partial charge >= 0.3 is 0 Å². The molecule has 1 saturated carbocycles. The smallest absolute Gasteiger partial charge is 0.175 e. The maximum absolute atomic E-state index is 10.3. The highest BCUT2D eigenvalue weighted by atomic mass is 32.2.